The Labute approximate surface area is 184 Å². The topological polar surface area (TPSA) is 104 Å². The number of aromatic nitrogens is 2. The Kier molecular flexibility index (Phi) is 5.52. The van der Waals surface area contributed by atoms with E-state index in [9.17, 15) is 9.59 Å². The molecule has 5 rings (SSSR count). The lowest BCUT2D eigenvalue weighted by Crippen LogP contribution is -2.45. The van der Waals surface area contributed by atoms with E-state index >= 15 is 0 Å². The van der Waals surface area contributed by atoms with Gasteiger partial charge in [-0.15, -0.1) is 0 Å². The highest BCUT2D eigenvalue weighted by molar-refractivity contribution is 5.15. The van der Waals surface area contributed by atoms with Gasteiger partial charge in [-0.05, 0) is 19.4 Å². The van der Waals surface area contributed by atoms with Crippen LogP contribution in [0.3, 0.4) is 0 Å². The molecule has 10 heteroatoms. The van der Waals surface area contributed by atoms with Crippen LogP contribution in [0.25, 0.3) is 0 Å². The third-order valence-electron chi connectivity index (χ3n) is 6.07. The molecule has 3 aliphatic rings. The number of nitrogens with one attached hydrogen (secondary N) is 1. The Morgan fingerprint density at radius 2 is 1.84 bits per heavy atom. The van der Waals surface area contributed by atoms with Crippen LogP contribution in [-0.2, 0) is 30.3 Å². The molecule has 0 amide bonds. The minimum Gasteiger partial charge on any atom is -0.353 e. The fourth-order valence-corrected chi connectivity index (χ4v) is 4.73. The van der Waals surface area contributed by atoms with Crippen molar-refractivity contribution in [1.82, 2.24) is 14.6 Å². The molecular weight excluding hydrogens is 418 g/mol. The lowest BCUT2D eigenvalue weighted by atomic mass is 10.00. The highest BCUT2D eigenvalue weighted by Crippen LogP contribution is 2.44. The molecule has 172 valence electrons. The molecule has 3 saturated heterocycles. The smallest absolute Gasteiger partial charge is 0.330 e. The van der Waals surface area contributed by atoms with Crippen LogP contribution >= 0.6 is 0 Å². The van der Waals surface area contributed by atoms with Crippen molar-refractivity contribution >= 4 is 0 Å². The first-order valence-corrected chi connectivity index (χ1v) is 10.7. The SMILES string of the molecule is CO[C@H]1O[C@H]([C@H]2C[C@H](n3ccc(=O)[nH]c3=O)ON2Cc2ccccc2)[C@@H]2OC(C)(C)O[C@H]12. The van der Waals surface area contributed by atoms with Crippen LogP contribution in [0.15, 0.2) is 52.2 Å². The standard InChI is InChI=1S/C22H27N3O7/c1-22(2)30-18-17(29-20(28-3)19(18)31-22)14-11-16(24-10-9-15(26)23-21(24)27)32-25(14)12-13-7-5-4-6-8-13/h4-10,14,16-20H,11-12H2,1-3H3,(H,23,26,27)/t14-,16-,17-,18+,19+,20+/m1/s1. The number of hydrogen-bond acceptors (Lipinski definition) is 8. The predicted molar refractivity (Wildman–Crippen MR) is 111 cm³/mol. The number of hydroxylamine groups is 2. The number of aromatic amines is 1. The normalized spacial score (nSPS) is 34.1. The minimum atomic E-state index is -0.757. The number of benzene rings is 1. The van der Waals surface area contributed by atoms with Crippen LogP contribution < -0.4 is 11.2 Å². The van der Waals surface area contributed by atoms with E-state index in [2.05, 4.69) is 4.98 Å². The largest absolute Gasteiger partial charge is 0.353 e. The van der Waals surface area contributed by atoms with Gasteiger partial charge in [0.1, 0.15) is 18.3 Å². The molecule has 1 aromatic carbocycles. The van der Waals surface area contributed by atoms with E-state index in [1.165, 1.54) is 16.8 Å². The fraction of sp³-hybridized carbons (Fsp3) is 0.545. The average molecular weight is 445 g/mol. The molecule has 1 N–H and O–H groups in total. The van der Waals surface area contributed by atoms with Crippen LogP contribution in [-0.4, -0.2) is 58.2 Å². The Bertz CT molecular complexity index is 1070. The van der Waals surface area contributed by atoms with Gasteiger partial charge in [0, 0.05) is 32.3 Å². The van der Waals surface area contributed by atoms with Crippen molar-refractivity contribution in [3.05, 3.63) is 69.0 Å². The number of rotatable bonds is 5. The van der Waals surface area contributed by atoms with Crippen LogP contribution in [0.4, 0.5) is 0 Å². The molecule has 0 radical (unpaired) electrons. The molecule has 0 aliphatic carbocycles. The zero-order valence-corrected chi connectivity index (χ0v) is 18.2. The summed E-state index contributed by atoms with van der Waals surface area (Å²) >= 11 is 0. The van der Waals surface area contributed by atoms with Crippen LogP contribution in [0.1, 0.15) is 32.1 Å². The average Bonchev–Trinajstić information content (AvgIpc) is 3.39. The molecular formula is C22H27N3O7. The molecule has 32 heavy (non-hydrogen) atoms. The molecule has 0 saturated carbocycles. The molecule has 6 atom stereocenters. The van der Waals surface area contributed by atoms with E-state index in [1.807, 2.05) is 49.2 Å². The number of nitrogens with zero attached hydrogens (tertiary/aromatic N) is 2. The van der Waals surface area contributed by atoms with Gasteiger partial charge in [-0.2, -0.15) is 5.06 Å². The molecule has 4 heterocycles. The first-order chi connectivity index (χ1) is 15.3. The van der Waals surface area contributed by atoms with Crippen molar-refractivity contribution in [3.63, 3.8) is 0 Å². The second-order valence-corrected chi connectivity index (χ2v) is 8.71. The van der Waals surface area contributed by atoms with E-state index in [0.717, 1.165) is 5.56 Å². The van der Waals surface area contributed by atoms with Crippen molar-refractivity contribution in [1.29, 1.82) is 0 Å². The van der Waals surface area contributed by atoms with E-state index in [0.29, 0.717) is 13.0 Å². The Morgan fingerprint density at radius 3 is 2.56 bits per heavy atom. The fourth-order valence-electron chi connectivity index (χ4n) is 4.73. The molecule has 10 nitrogen and oxygen atoms in total. The van der Waals surface area contributed by atoms with Crippen molar-refractivity contribution in [2.75, 3.05) is 7.11 Å². The Hall–Kier alpha value is -2.34. The first kappa shape index (κ1) is 21.5. The zero-order chi connectivity index (χ0) is 22.5. The molecule has 3 aliphatic heterocycles. The van der Waals surface area contributed by atoms with Gasteiger partial charge in [0.2, 0.25) is 0 Å². The molecule has 0 unspecified atom stereocenters. The van der Waals surface area contributed by atoms with Gasteiger partial charge in [0.05, 0.1) is 6.04 Å². The van der Waals surface area contributed by atoms with Crippen molar-refractivity contribution in [3.8, 4) is 0 Å². The van der Waals surface area contributed by atoms with Gasteiger partial charge >= 0.3 is 5.69 Å². The van der Waals surface area contributed by atoms with Gasteiger partial charge < -0.3 is 18.9 Å². The third kappa shape index (κ3) is 3.94. The Balaban J connectivity index is 1.46. The number of hydrogen-bond donors (Lipinski definition) is 1. The molecule has 0 spiro atoms. The van der Waals surface area contributed by atoms with E-state index < -0.39 is 35.7 Å². The van der Waals surface area contributed by atoms with Crippen LogP contribution in [0.5, 0.6) is 0 Å². The lowest BCUT2D eigenvalue weighted by Gasteiger charge is -2.30. The van der Waals surface area contributed by atoms with Crippen molar-refractivity contribution < 1.29 is 23.8 Å². The quantitative estimate of drug-likeness (QED) is 0.731. The summed E-state index contributed by atoms with van der Waals surface area (Å²) in [6, 6.07) is 11.0. The van der Waals surface area contributed by atoms with Crippen molar-refractivity contribution in [2.45, 2.75) is 69.5 Å². The summed E-state index contributed by atoms with van der Waals surface area (Å²) in [5, 5.41) is 1.83. The minimum absolute atomic E-state index is 0.246. The van der Waals surface area contributed by atoms with E-state index in [1.54, 1.807) is 7.11 Å². The van der Waals surface area contributed by atoms with Crippen LogP contribution in [0.2, 0.25) is 0 Å². The maximum absolute atomic E-state index is 12.4. The molecule has 2 aromatic rings. The highest BCUT2D eigenvalue weighted by atomic mass is 16.8. The third-order valence-corrected chi connectivity index (χ3v) is 6.07. The number of fused-ring (bicyclic) bond motifs is 1. The first-order valence-electron chi connectivity index (χ1n) is 10.7. The maximum atomic E-state index is 12.4. The van der Waals surface area contributed by atoms with E-state index in [-0.39, 0.29) is 18.2 Å². The summed E-state index contributed by atoms with van der Waals surface area (Å²) in [5.74, 6) is -0.757. The predicted octanol–water partition coefficient (Wildman–Crippen LogP) is 1.13. The maximum Gasteiger partial charge on any atom is 0.330 e. The van der Waals surface area contributed by atoms with Crippen molar-refractivity contribution in [2.24, 2.45) is 0 Å². The molecule has 1 aromatic heterocycles. The monoisotopic (exact) mass is 445 g/mol. The summed E-state index contributed by atoms with van der Waals surface area (Å²) in [6.07, 6.45) is -0.399. The van der Waals surface area contributed by atoms with Gasteiger partial charge in [0.25, 0.3) is 5.56 Å². The second kappa shape index (κ2) is 8.22. The van der Waals surface area contributed by atoms with Crippen LogP contribution in [0, 0.1) is 0 Å². The van der Waals surface area contributed by atoms with Gasteiger partial charge in [0.15, 0.2) is 18.3 Å². The summed E-state index contributed by atoms with van der Waals surface area (Å²) in [5.41, 5.74) is 0.0729. The van der Waals surface area contributed by atoms with Gasteiger partial charge in [-0.25, -0.2) is 4.79 Å². The number of ether oxygens (including phenoxy) is 4. The Morgan fingerprint density at radius 1 is 1.09 bits per heavy atom. The highest BCUT2D eigenvalue weighted by Gasteiger charge is 2.59. The molecule has 0 bridgehead atoms. The summed E-state index contributed by atoms with van der Waals surface area (Å²) < 4.78 is 25.3. The van der Waals surface area contributed by atoms with Gasteiger partial charge in [-0.1, -0.05) is 30.3 Å². The summed E-state index contributed by atoms with van der Waals surface area (Å²) in [6.45, 7) is 4.22. The molecule has 3 fully saturated rings. The number of methoxy groups -OCH3 is 1. The summed E-state index contributed by atoms with van der Waals surface area (Å²) in [4.78, 5) is 32.4. The second-order valence-electron chi connectivity index (χ2n) is 8.71. The van der Waals surface area contributed by atoms with E-state index in [4.69, 9.17) is 23.8 Å². The zero-order valence-electron chi connectivity index (χ0n) is 18.2. The number of H-pyrrole nitrogens is 1. The summed E-state index contributed by atoms with van der Waals surface area (Å²) in [7, 11) is 1.58. The lowest BCUT2D eigenvalue weighted by molar-refractivity contribution is -0.249. The van der Waals surface area contributed by atoms with Gasteiger partial charge in [-0.3, -0.25) is 19.2 Å².